The zero-order valence-electron chi connectivity index (χ0n) is 10.6. The van der Waals surface area contributed by atoms with E-state index in [2.05, 4.69) is 5.10 Å². The molecule has 0 amide bonds. The molecule has 1 aromatic heterocycles. The highest BCUT2D eigenvalue weighted by atomic mass is 32.1. The van der Waals surface area contributed by atoms with Gasteiger partial charge in [-0.2, -0.15) is 5.10 Å². The van der Waals surface area contributed by atoms with Gasteiger partial charge in [0.05, 0.1) is 10.6 Å². The summed E-state index contributed by atoms with van der Waals surface area (Å²) in [5.74, 6) is 0. The first-order valence-corrected chi connectivity index (χ1v) is 7.39. The Balaban J connectivity index is 2.02. The summed E-state index contributed by atoms with van der Waals surface area (Å²) in [5, 5.41) is 18.7. The van der Waals surface area contributed by atoms with E-state index in [1.165, 1.54) is 16.3 Å². The number of hydrogen-bond donors (Lipinski definition) is 2. The maximum absolute atomic E-state index is 11.0. The second kappa shape index (κ2) is 4.97. The molecular formula is C14H13N3OS2. The maximum Gasteiger partial charge on any atom is 0.202 e. The molecule has 102 valence electrons. The first-order chi connectivity index (χ1) is 9.61. The van der Waals surface area contributed by atoms with Crippen molar-refractivity contribution in [2.24, 2.45) is 10.8 Å². The maximum atomic E-state index is 11.0. The normalized spacial score (nSPS) is 21.9. The van der Waals surface area contributed by atoms with E-state index in [0.29, 0.717) is 6.42 Å². The van der Waals surface area contributed by atoms with Gasteiger partial charge in [0.15, 0.2) is 5.11 Å². The van der Waals surface area contributed by atoms with Crippen LogP contribution in [0.25, 0.3) is 0 Å². The standard InChI is InChI=1S/C14H13N3OS2/c15-13(19)17-14(18,12-7-4-8-20-12)9-11(16-17)10-5-2-1-3-6-10/h1-8,18H,9H2,(H2,15,19). The Labute approximate surface area is 126 Å². The Morgan fingerprint density at radius 2 is 2.05 bits per heavy atom. The third-order valence-electron chi connectivity index (χ3n) is 3.22. The van der Waals surface area contributed by atoms with E-state index in [0.717, 1.165) is 16.2 Å². The molecule has 1 unspecified atom stereocenters. The molecule has 0 radical (unpaired) electrons. The van der Waals surface area contributed by atoms with Crippen LogP contribution in [-0.2, 0) is 5.72 Å². The van der Waals surface area contributed by atoms with Gasteiger partial charge in [0.25, 0.3) is 0 Å². The number of thiocarbonyl (C=S) groups is 1. The molecule has 0 saturated carbocycles. The molecule has 4 nitrogen and oxygen atoms in total. The lowest BCUT2D eigenvalue weighted by atomic mass is 10.0. The van der Waals surface area contributed by atoms with Gasteiger partial charge in [-0.15, -0.1) is 11.3 Å². The molecule has 1 atom stereocenters. The fourth-order valence-corrected chi connectivity index (χ4v) is 3.27. The van der Waals surface area contributed by atoms with E-state index in [-0.39, 0.29) is 5.11 Å². The summed E-state index contributed by atoms with van der Waals surface area (Å²) in [6.45, 7) is 0. The van der Waals surface area contributed by atoms with Gasteiger partial charge in [0.2, 0.25) is 5.72 Å². The largest absolute Gasteiger partial charge is 0.375 e. The SMILES string of the molecule is NC(=S)N1N=C(c2ccccc2)CC1(O)c1cccs1. The van der Waals surface area contributed by atoms with Crippen molar-refractivity contribution in [3.63, 3.8) is 0 Å². The smallest absolute Gasteiger partial charge is 0.202 e. The fourth-order valence-electron chi connectivity index (χ4n) is 2.27. The van der Waals surface area contributed by atoms with Gasteiger partial charge in [0, 0.05) is 6.42 Å². The molecule has 3 rings (SSSR count). The molecule has 20 heavy (non-hydrogen) atoms. The van der Waals surface area contributed by atoms with Crippen molar-refractivity contribution < 1.29 is 5.11 Å². The van der Waals surface area contributed by atoms with Crippen LogP contribution in [0.3, 0.4) is 0 Å². The fraction of sp³-hybridized carbons (Fsp3) is 0.143. The number of nitrogens with zero attached hydrogens (tertiary/aromatic N) is 2. The summed E-state index contributed by atoms with van der Waals surface area (Å²) in [6, 6.07) is 13.5. The number of hydrazone groups is 1. The van der Waals surface area contributed by atoms with Crippen LogP contribution in [0.15, 0.2) is 52.9 Å². The van der Waals surface area contributed by atoms with Crippen LogP contribution in [0.1, 0.15) is 16.9 Å². The van der Waals surface area contributed by atoms with Gasteiger partial charge in [-0.25, -0.2) is 5.01 Å². The zero-order chi connectivity index (χ0) is 14.2. The molecule has 1 aromatic carbocycles. The lowest BCUT2D eigenvalue weighted by molar-refractivity contribution is -0.0531. The van der Waals surface area contributed by atoms with Crippen molar-refractivity contribution in [1.29, 1.82) is 0 Å². The molecule has 2 heterocycles. The number of nitrogens with two attached hydrogens (primary N) is 1. The van der Waals surface area contributed by atoms with Crippen LogP contribution in [-0.4, -0.2) is 20.9 Å². The second-order valence-electron chi connectivity index (χ2n) is 4.53. The minimum Gasteiger partial charge on any atom is -0.375 e. The van der Waals surface area contributed by atoms with Gasteiger partial charge in [0.1, 0.15) is 0 Å². The molecule has 0 bridgehead atoms. The average Bonchev–Trinajstić information content (AvgIpc) is 3.07. The average molecular weight is 303 g/mol. The number of thiophene rings is 1. The van der Waals surface area contributed by atoms with Crippen LogP contribution in [0.5, 0.6) is 0 Å². The Bertz CT molecular complexity index is 654. The highest BCUT2D eigenvalue weighted by molar-refractivity contribution is 7.80. The van der Waals surface area contributed by atoms with Gasteiger partial charge >= 0.3 is 0 Å². The van der Waals surface area contributed by atoms with Gasteiger partial charge in [-0.1, -0.05) is 36.4 Å². The van der Waals surface area contributed by atoms with E-state index in [4.69, 9.17) is 18.0 Å². The van der Waals surface area contributed by atoms with Crippen molar-refractivity contribution in [3.05, 3.63) is 58.3 Å². The first kappa shape index (κ1) is 13.2. The zero-order valence-corrected chi connectivity index (χ0v) is 12.2. The van der Waals surface area contributed by atoms with Crippen LogP contribution in [0.4, 0.5) is 0 Å². The number of benzene rings is 1. The Morgan fingerprint density at radius 3 is 2.65 bits per heavy atom. The van der Waals surface area contributed by atoms with Crippen molar-refractivity contribution in [3.8, 4) is 0 Å². The van der Waals surface area contributed by atoms with Gasteiger partial charge < -0.3 is 10.8 Å². The Morgan fingerprint density at radius 1 is 1.30 bits per heavy atom. The minimum atomic E-state index is -1.29. The van der Waals surface area contributed by atoms with Crippen molar-refractivity contribution in [2.45, 2.75) is 12.1 Å². The Kier molecular flexibility index (Phi) is 3.29. The van der Waals surface area contributed by atoms with Crippen LogP contribution in [0, 0.1) is 0 Å². The highest BCUT2D eigenvalue weighted by Crippen LogP contribution is 2.38. The molecule has 1 aliphatic rings. The molecule has 0 fully saturated rings. The van der Waals surface area contributed by atoms with Gasteiger partial charge in [-0.05, 0) is 29.2 Å². The van der Waals surface area contributed by atoms with E-state index in [1.54, 1.807) is 0 Å². The lowest BCUT2D eigenvalue weighted by Gasteiger charge is -2.30. The van der Waals surface area contributed by atoms with Gasteiger partial charge in [-0.3, -0.25) is 0 Å². The van der Waals surface area contributed by atoms with E-state index >= 15 is 0 Å². The van der Waals surface area contributed by atoms with Crippen LogP contribution in [0.2, 0.25) is 0 Å². The predicted octanol–water partition coefficient (Wildman–Crippen LogP) is 2.25. The Hall–Kier alpha value is -1.76. The minimum absolute atomic E-state index is 0.0619. The molecule has 6 heteroatoms. The summed E-state index contributed by atoms with van der Waals surface area (Å²) in [6.07, 6.45) is 0.356. The first-order valence-electron chi connectivity index (χ1n) is 6.10. The molecule has 0 aliphatic carbocycles. The van der Waals surface area contributed by atoms with Crippen molar-refractivity contribution in [2.75, 3.05) is 0 Å². The van der Waals surface area contributed by atoms with Crippen molar-refractivity contribution in [1.82, 2.24) is 5.01 Å². The molecule has 3 N–H and O–H groups in total. The molecular weight excluding hydrogens is 290 g/mol. The summed E-state index contributed by atoms with van der Waals surface area (Å²) < 4.78 is 0. The summed E-state index contributed by atoms with van der Waals surface area (Å²) in [4.78, 5) is 0.778. The van der Waals surface area contributed by atoms with Crippen LogP contribution >= 0.6 is 23.6 Å². The van der Waals surface area contributed by atoms with Crippen molar-refractivity contribution >= 4 is 34.4 Å². The lowest BCUT2D eigenvalue weighted by Crippen LogP contribution is -2.45. The molecule has 0 spiro atoms. The third-order valence-corrected chi connectivity index (χ3v) is 4.40. The summed E-state index contributed by atoms with van der Waals surface area (Å²) in [5.41, 5.74) is 6.16. The summed E-state index contributed by atoms with van der Waals surface area (Å²) in [7, 11) is 0. The third kappa shape index (κ3) is 2.11. The van der Waals surface area contributed by atoms with E-state index in [1.807, 2.05) is 47.8 Å². The van der Waals surface area contributed by atoms with Crippen LogP contribution < -0.4 is 5.73 Å². The topological polar surface area (TPSA) is 61.8 Å². The summed E-state index contributed by atoms with van der Waals surface area (Å²) >= 11 is 6.48. The highest BCUT2D eigenvalue weighted by Gasteiger charge is 2.45. The van der Waals surface area contributed by atoms with E-state index < -0.39 is 5.72 Å². The molecule has 0 saturated heterocycles. The number of aliphatic hydroxyl groups is 1. The van der Waals surface area contributed by atoms with E-state index in [9.17, 15) is 5.11 Å². The monoisotopic (exact) mass is 303 g/mol. The number of rotatable bonds is 2. The quantitative estimate of drug-likeness (QED) is 0.835. The molecule has 2 aromatic rings. The predicted molar refractivity (Wildman–Crippen MR) is 84.4 cm³/mol. The number of hydrogen-bond acceptors (Lipinski definition) is 4. The molecule has 1 aliphatic heterocycles. The second-order valence-corrected chi connectivity index (χ2v) is 5.90.